The summed E-state index contributed by atoms with van der Waals surface area (Å²) < 4.78 is 0. The Labute approximate surface area is 81.3 Å². The van der Waals surface area contributed by atoms with E-state index in [0.717, 1.165) is 6.42 Å². The van der Waals surface area contributed by atoms with E-state index in [9.17, 15) is 0 Å². The molecule has 0 nitrogen and oxygen atoms in total. The Balaban J connectivity index is 0. The molecule has 0 fully saturated rings. The summed E-state index contributed by atoms with van der Waals surface area (Å²) in [6.45, 7) is 6.40. The molecule has 0 unspecified atom stereocenters. The van der Waals surface area contributed by atoms with Gasteiger partial charge in [-0.15, -0.1) is 23.2 Å². The van der Waals surface area contributed by atoms with Gasteiger partial charge in [0, 0.05) is 0 Å². The Morgan fingerprint density at radius 2 is 1.18 bits per heavy atom. The predicted molar refractivity (Wildman–Crippen MR) is 55.6 cm³/mol. The van der Waals surface area contributed by atoms with Gasteiger partial charge in [-0.1, -0.05) is 46.5 Å². The molecule has 0 aromatic carbocycles. The van der Waals surface area contributed by atoms with Crippen LogP contribution in [0.25, 0.3) is 0 Å². The summed E-state index contributed by atoms with van der Waals surface area (Å²) >= 11 is 10.5. The van der Waals surface area contributed by atoms with Gasteiger partial charge in [0.1, 0.15) is 4.84 Å². The first kappa shape index (κ1) is 14.1. The number of unbranched alkanes of at least 4 members (excludes halogenated alkanes) is 3. The highest BCUT2D eigenvalue weighted by Crippen LogP contribution is 2.03. The summed E-state index contributed by atoms with van der Waals surface area (Å²) in [7, 11) is 0. The standard InChI is InChI=1S/C6H14.C3H6Cl2/c1-3-5-6-4-2;1-2-3(4)5/h3-6H2,1-2H3;3H,2H2,1H3. The summed E-state index contributed by atoms with van der Waals surface area (Å²) in [6.07, 6.45) is 6.37. The van der Waals surface area contributed by atoms with Gasteiger partial charge < -0.3 is 0 Å². The fourth-order valence-corrected chi connectivity index (χ4v) is 0.500. The molecule has 0 atom stereocenters. The summed E-state index contributed by atoms with van der Waals surface area (Å²) in [5, 5.41) is 0. The van der Waals surface area contributed by atoms with E-state index in [-0.39, 0.29) is 4.84 Å². The van der Waals surface area contributed by atoms with Gasteiger partial charge >= 0.3 is 0 Å². The molecule has 11 heavy (non-hydrogen) atoms. The third-order valence-corrected chi connectivity index (χ3v) is 1.88. The van der Waals surface area contributed by atoms with E-state index in [0.29, 0.717) is 0 Å². The van der Waals surface area contributed by atoms with Crippen molar-refractivity contribution in [1.82, 2.24) is 0 Å². The molecule has 0 heterocycles. The van der Waals surface area contributed by atoms with E-state index < -0.39 is 0 Å². The van der Waals surface area contributed by atoms with Gasteiger partial charge in [0.2, 0.25) is 0 Å². The first-order valence-electron chi connectivity index (χ1n) is 4.47. The maximum Gasteiger partial charge on any atom is 0.107 e. The van der Waals surface area contributed by atoms with Crippen molar-refractivity contribution in [3.8, 4) is 0 Å². The van der Waals surface area contributed by atoms with E-state index >= 15 is 0 Å². The molecule has 0 aliphatic rings. The summed E-state index contributed by atoms with van der Waals surface area (Å²) in [4.78, 5) is -0.171. The average Bonchev–Trinajstić information content (AvgIpc) is 2.02. The lowest BCUT2D eigenvalue weighted by Gasteiger charge is -1.86. The molecular formula is C9H20Cl2. The van der Waals surface area contributed by atoms with E-state index in [2.05, 4.69) is 13.8 Å². The Morgan fingerprint density at radius 1 is 0.909 bits per heavy atom. The number of rotatable bonds is 4. The maximum absolute atomic E-state index is 5.23. The molecule has 2 heteroatoms. The van der Waals surface area contributed by atoms with Gasteiger partial charge in [-0.3, -0.25) is 0 Å². The van der Waals surface area contributed by atoms with Gasteiger partial charge in [0.25, 0.3) is 0 Å². The first-order chi connectivity index (χ1) is 5.18. The second-order valence-corrected chi connectivity index (χ2v) is 3.78. The second-order valence-electron chi connectivity index (χ2n) is 2.51. The number of halogens is 2. The number of hydrogen-bond donors (Lipinski definition) is 0. The van der Waals surface area contributed by atoms with Crippen molar-refractivity contribution in [2.75, 3.05) is 0 Å². The molecule has 0 aliphatic heterocycles. The lowest BCUT2D eigenvalue weighted by molar-refractivity contribution is 0.702. The van der Waals surface area contributed by atoms with Crippen molar-refractivity contribution in [1.29, 1.82) is 0 Å². The van der Waals surface area contributed by atoms with Crippen molar-refractivity contribution < 1.29 is 0 Å². The third-order valence-electron chi connectivity index (χ3n) is 1.27. The molecule has 0 aromatic rings. The van der Waals surface area contributed by atoms with Gasteiger partial charge in [0.15, 0.2) is 0 Å². The van der Waals surface area contributed by atoms with Crippen LogP contribution in [-0.4, -0.2) is 4.84 Å². The van der Waals surface area contributed by atoms with Crippen molar-refractivity contribution in [2.24, 2.45) is 0 Å². The van der Waals surface area contributed by atoms with Crippen molar-refractivity contribution in [2.45, 2.75) is 57.7 Å². The highest BCUT2D eigenvalue weighted by atomic mass is 35.5. The fourth-order valence-electron chi connectivity index (χ4n) is 0.500. The van der Waals surface area contributed by atoms with Crippen LogP contribution in [0, 0.1) is 0 Å². The SMILES string of the molecule is CCC(Cl)Cl.CCCCCC. The van der Waals surface area contributed by atoms with Crippen LogP contribution in [0.5, 0.6) is 0 Å². The van der Waals surface area contributed by atoms with Gasteiger partial charge in [-0.2, -0.15) is 0 Å². The normalized spacial score (nSPS) is 9.27. The molecule has 0 bridgehead atoms. The van der Waals surface area contributed by atoms with Crippen LogP contribution in [0.4, 0.5) is 0 Å². The lowest BCUT2D eigenvalue weighted by atomic mass is 10.2. The molecule has 0 aromatic heterocycles. The van der Waals surface area contributed by atoms with Gasteiger partial charge in [-0.05, 0) is 6.42 Å². The quantitative estimate of drug-likeness (QED) is 0.451. The number of hydrogen-bond acceptors (Lipinski definition) is 0. The molecule has 0 radical (unpaired) electrons. The first-order valence-corrected chi connectivity index (χ1v) is 5.34. The summed E-state index contributed by atoms with van der Waals surface area (Å²) in [5.41, 5.74) is 0. The van der Waals surface area contributed by atoms with Crippen LogP contribution in [0.2, 0.25) is 0 Å². The minimum atomic E-state index is -0.171. The summed E-state index contributed by atoms with van der Waals surface area (Å²) in [6, 6.07) is 0. The Bertz CT molecular complexity index is 49.5. The third kappa shape index (κ3) is 25.0. The Hall–Kier alpha value is 0.580. The molecule has 0 saturated carbocycles. The summed E-state index contributed by atoms with van der Waals surface area (Å²) in [5.74, 6) is 0. The van der Waals surface area contributed by atoms with Crippen molar-refractivity contribution >= 4 is 23.2 Å². The molecule has 0 N–H and O–H groups in total. The van der Waals surface area contributed by atoms with E-state index in [1.807, 2.05) is 6.92 Å². The van der Waals surface area contributed by atoms with Crippen LogP contribution in [-0.2, 0) is 0 Å². The topological polar surface area (TPSA) is 0 Å². The minimum absolute atomic E-state index is 0.171. The highest BCUT2D eigenvalue weighted by molar-refractivity contribution is 6.44. The van der Waals surface area contributed by atoms with Crippen LogP contribution in [0.15, 0.2) is 0 Å². The second kappa shape index (κ2) is 13.2. The fraction of sp³-hybridized carbons (Fsp3) is 1.00. The Morgan fingerprint density at radius 3 is 1.27 bits per heavy atom. The van der Waals surface area contributed by atoms with Crippen molar-refractivity contribution in [3.63, 3.8) is 0 Å². The van der Waals surface area contributed by atoms with Gasteiger partial charge in [0.05, 0.1) is 0 Å². The zero-order valence-corrected chi connectivity index (χ0v) is 9.38. The molecule has 0 spiro atoms. The molecular weight excluding hydrogens is 179 g/mol. The molecule has 0 saturated heterocycles. The van der Waals surface area contributed by atoms with Gasteiger partial charge in [-0.25, -0.2) is 0 Å². The van der Waals surface area contributed by atoms with E-state index in [4.69, 9.17) is 23.2 Å². The molecule has 0 rings (SSSR count). The monoisotopic (exact) mass is 198 g/mol. The zero-order chi connectivity index (χ0) is 9.11. The molecule has 0 amide bonds. The minimum Gasteiger partial charge on any atom is -0.105 e. The highest BCUT2D eigenvalue weighted by Gasteiger charge is 1.86. The smallest absolute Gasteiger partial charge is 0.105 e. The van der Waals surface area contributed by atoms with Crippen molar-refractivity contribution in [3.05, 3.63) is 0 Å². The van der Waals surface area contributed by atoms with Crippen LogP contribution >= 0.6 is 23.2 Å². The average molecular weight is 199 g/mol. The predicted octanol–water partition coefficient (Wildman–Crippen LogP) is 4.79. The molecule has 0 aliphatic carbocycles. The zero-order valence-electron chi connectivity index (χ0n) is 7.87. The van der Waals surface area contributed by atoms with E-state index in [1.165, 1.54) is 25.7 Å². The maximum atomic E-state index is 5.23. The van der Waals surface area contributed by atoms with E-state index in [1.54, 1.807) is 0 Å². The lowest BCUT2D eigenvalue weighted by Crippen LogP contribution is -1.75. The number of alkyl halides is 2. The van der Waals surface area contributed by atoms with Crippen LogP contribution in [0.3, 0.4) is 0 Å². The van der Waals surface area contributed by atoms with Crippen LogP contribution in [0.1, 0.15) is 52.9 Å². The Kier molecular flexibility index (Phi) is 16.9. The largest absolute Gasteiger partial charge is 0.107 e. The van der Waals surface area contributed by atoms with Crippen LogP contribution < -0.4 is 0 Å². The molecule has 70 valence electrons.